The van der Waals surface area contributed by atoms with Crippen LogP contribution in [0.3, 0.4) is 0 Å². The Balaban J connectivity index is 0. The molecular formula is C16H29NNaO5+. The van der Waals surface area contributed by atoms with Crippen molar-refractivity contribution in [1.29, 1.82) is 0 Å². The first-order chi connectivity index (χ1) is 10.5. The Morgan fingerprint density at radius 3 is 1.52 bits per heavy atom. The number of hydrogen-bond donors (Lipinski definition) is 2. The van der Waals surface area contributed by atoms with Crippen molar-refractivity contribution in [3.05, 3.63) is 0 Å². The summed E-state index contributed by atoms with van der Waals surface area (Å²) in [4.78, 5) is 34.0. The fourth-order valence-electron chi connectivity index (χ4n) is 2.30. The van der Waals surface area contributed by atoms with E-state index in [1.807, 2.05) is 0 Å². The summed E-state index contributed by atoms with van der Waals surface area (Å²) in [6, 6.07) is 0. The van der Waals surface area contributed by atoms with Crippen molar-refractivity contribution in [2.45, 2.75) is 71.1 Å². The molecule has 0 bridgehead atoms. The quantitative estimate of drug-likeness (QED) is 0.341. The third-order valence-corrected chi connectivity index (χ3v) is 3.50. The molecule has 6 nitrogen and oxygen atoms in total. The van der Waals surface area contributed by atoms with E-state index in [1.165, 1.54) is 32.1 Å². The van der Waals surface area contributed by atoms with Gasteiger partial charge in [0, 0.05) is 6.42 Å². The SMILES string of the molecule is CCCCCCCCCCCC(=O)N(CC(=O)O)CC(=O)O.[Na+]. The second kappa shape index (κ2) is 16.3. The first-order valence-corrected chi connectivity index (χ1v) is 8.18. The minimum Gasteiger partial charge on any atom is -0.480 e. The van der Waals surface area contributed by atoms with Gasteiger partial charge in [0.1, 0.15) is 13.1 Å². The van der Waals surface area contributed by atoms with Crippen LogP contribution in [0.4, 0.5) is 0 Å². The molecule has 0 aliphatic heterocycles. The third-order valence-electron chi connectivity index (χ3n) is 3.50. The van der Waals surface area contributed by atoms with E-state index in [4.69, 9.17) is 10.2 Å². The number of carbonyl (C=O) groups excluding carboxylic acids is 1. The van der Waals surface area contributed by atoms with Gasteiger partial charge in [-0.3, -0.25) is 14.4 Å². The van der Waals surface area contributed by atoms with Gasteiger partial charge in [0.2, 0.25) is 5.91 Å². The van der Waals surface area contributed by atoms with Gasteiger partial charge in [-0.05, 0) is 6.42 Å². The third kappa shape index (κ3) is 16.1. The van der Waals surface area contributed by atoms with Crippen LogP contribution in [0.1, 0.15) is 71.1 Å². The number of amides is 1. The molecule has 128 valence electrons. The maximum Gasteiger partial charge on any atom is 1.00 e. The molecular weight excluding hydrogens is 309 g/mol. The molecule has 0 saturated heterocycles. The van der Waals surface area contributed by atoms with Crippen LogP contribution in [0.15, 0.2) is 0 Å². The average molecular weight is 338 g/mol. The van der Waals surface area contributed by atoms with E-state index < -0.39 is 30.9 Å². The van der Waals surface area contributed by atoms with E-state index in [-0.39, 0.29) is 36.0 Å². The number of nitrogens with zero attached hydrogens (tertiary/aromatic N) is 1. The summed E-state index contributed by atoms with van der Waals surface area (Å²) in [7, 11) is 0. The van der Waals surface area contributed by atoms with Crippen molar-refractivity contribution in [3.8, 4) is 0 Å². The maximum atomic E-state index is 11.8. The van der Waals surface area contributed by atoms with Crippen LogP contribution in [0.5, 0.6) is 0 Å². The van der Waals surface area contributed by atoms with Crippen molar-refractivity contribution in [1.82, 2.24) is 4.90 Å². The van der Waals surface area contributed by atoms with Crippen molar-refractivity contribution in [3.63, 3.8) is 0 Å². The zero-order chi connectivity index (χ0) is 16.8. The summed E-state index contributed by atoms with van der Waals surface area (Å²) in [5, 5.41) is 17.4. The molecule has 23 heavy (non-hydrogen) atoms. The van der Waals surface area contributed by atoms with Crippen LogP contribution in [0.25, 0.3) is 0 Å². The fourth-order valence-corrected chi connectivity index (χ4v) is 2.30. The first-order valence-electron chi connectivity index (χ1n) is 8.18. The van der Waals surface area contributed by atoms with Gasteiger partial charge in [-0.1, -0.05) is 58.3 Å². The van der Waals surface area contributed by atoms with E-state index in [0.29, 0.717) is 6.42 Å². The molecule has 0 aromatic heterocycles. The molecule has 0 aliphatic rings. The van der Waals surface area contributed by atoms with Crippen molar-refractivity contribution in [2.75, 3.05) is 13.1 Å². The first kappa shape index (κ1) is 24.7. The molecule has 0 radical (unpaired) electrons. The number of rotatable bonds is 14. The van der Waals surface area contributed by atoms with Gasteiger partial charge in [-0.2, -0.15) is 0 Å². The van der Waals surface area contributed by atoms with E-state index in [1.54, 1.807) is 0 Å². The van der Waals surface area contributed by atoms with E-state index in [0.717, 1.165) is 24.2 Å². The standard InChI is InChI=1S/C16H29NO5.Na/c1-2-3-4-5-6-7-8-9-10-11-14(18)17(12-15(19)20)13-16(21)22;/h2-13H2,1H3,(H,19,20)(H,21,22);/q;+1. The summed E-state index contributed by atoms with van der Waals surface area (Å²) < 4.78 is 0. The zero-order valence-electron chi connectivity index (χ0n) is 14.6. The Morgan fingerprint density at radius 1 is 0.739 bits per heavy atom. The predicted octanol–water partition coefficient (Wildman–Crippen LogP) is -0.0909. The van der Waals surface area contributed by atoms with E-state index in [2.05, 4.69) is 6.92 Å². The number of hydrogen-bond acceptors (Lipinski definition) is 3. The number of aliphatic carboxylic acids is 2. The Morgan fingerprint density at radius 2 is 1.13 bits per heavy atom. The Bertz CT molecular complexity index is 333. The minimum atomic E-state index is -1.19. The summed E-state index contributed by atoms with van der Waals surface area (Å²) in [5.41, 5.74) is 0. The topological polar surface area (TPSA) is 94.9 Å². The monoisotopic (exact) mass is 338 g/mol. The molecule has 0 aromatic carbocycles. The average Bonchev–Trinajstić information content (AvgIpc) is 2.43. The van der Waals surface area contributed by atoms with Gasteiger partial charge in [0.05, 0.1) is 0 Å². The molecule has 7 heteroatoms. The normalized spacial score (nSPS) is 9.96. The van der Waals surface area contributed by atoms with Gasteiger partial charge < -0.3 is 15.1 Å². The second-order valence-corrected chi connectivity index (χ2v) is 5.62. The van der Waals surface area contributed by atoms with Crippen LogP contribution in [0, 0.1) is 0 Å². The van der Waals surface area contributed by atoms with E-state index >= 15 is 0 Å². The Kier molecular flexibility index (Phi) is 17.4. The Hall–Kier alpha value is -0.590. The van der Waals surface area contributed by atoms with Crippen LogP contribution < -0.4 is 29.6 Å². The van der Waals surface area contributed by atoms with Gasteiger partial charge in [-0.25, -0.2) is 0 Å². The summed E-state index contributed by atoms with van der Waals surface area (Å²) >= 11 is 0. The van der Waals surface area contributed by atoms with Crippen molar-refractivity contribution < 1.29 is 54.2 Å². The van der Waals surface area contributed by atoms with Gasteiger partial charge in [-0.15, -0.1) is 0 Å². The van der Waals surface area contributed by atoms with E-state index in [9.17, 15) is 14.4 Å². The van der Waals surface area contributed by atoms with Crippen LogP contribution in [0.2, 0.25) is 0 Å². The minimum absolute atomic E-state index is 0. The van der Waals surface area contributed by atoms with Crippen LogP contribution in [-0.4, -0.2) is 46.0 Å². The smallest absolute Gasteiger partial charge is 0.480 e. The van der Waals surface area contributed by atoms with Gasteiger partial charge in [0.25, 0.3) is 0 Å². The molecule has 2 N–H and O–H groups in total. The largest absolute Gasteiger partial charge is 1.00 e. The molecule has 0 heterocycles. The number of carbonyl (C=O) groups is 3. The summed E-state index contributed by atoms with van der Waals surface area (Å²) in [5.74, 6) is -2.78. The van der Waals surface area contributed by atoms with Gasteiger partial charge >= 0.3 is 41.5 Å². The van der Waals surface area contributed by atoms with Crippen LogP contribution in [-0.2, 0) is 14.4 Å². The Labute approximate surface area is 160 Å². The maximum absolute atomic E-state index is 11.8. The molecule has 0 atom stereocenters. The van der Waals surface area contributed by atoms with Crippen molar-refractivity contribution in [2.24, 2.45) is 0 Å². The molecule has 0 unspecified atom stereocenters. The molecule has 0 rings (SSSR count). The van der Waals surface area contributed by atoms with Crippen LogP contribution >= 0.6 is 0 Å². The summed E-state index contributed by atoms with van der Waals surface area (Å²) in [6.07, 6.45) is 10.4. The van der Waals surface area contributed by atoms with Gasteiger partial charge in [0.15, 0.2) is 0 Å². The summed E-state index contributed by atoms with van der Waals surface area (Å²) in [6.45, 7) is 1.08. The second-order valence-electron chi connectivity index (χ2n) is 5.62. The number of carboxylic acids is 2. The number of carboxylic acid groups (broad SMARTS) is 2. The molecule has 0 aliphatic carbocycles. The zero-order valence-corrected chi connectivity index (χ0v) is 16.6. The molecule has 0 aromatic rings. The molecule has 1 amide bonds. The molecule has 0 spiro atoms. The number of unbranched alkanes of at least 4 members (excludes halogenated alkanes) is 8. The fraction of sp³-hybridized carbons (Fsp3) is 0.812. The predicted molar refractivity (Wildman–Crippen MR) is 83.7 cm³/mol. The molecule has 0 saturated carbocycles. The molecule has 0 fully saturated rings. The van der Waals surface area contributed by atoms with Crippen molar-refractivity contribution >= 4 is 17.8 Å².